The summed E-state index contributed by atoms with van der Waals surface area (Å²) in [6.07, 6.45) is 0. The summed E-state index contributed by atoms with van der Waals surface area (Å²) in [5.41, 5.74) is 2.13. The van der Waals surface area contributed by atoms with E-state index in [4.69, 9.17) is 16.0 Å². The molecule has 112 valence electrons. The molecule has 0 radical (unpaired) electrons. The molecule has 0 saturated carbocycles. The maximum atomic E-state index is 6.36. The molecule has 1 fully saturated rings. The van der Waals surface area contributed by atoms with Crippen molar-refractivity contribution in [2.24, 2.45) is 0 Å². The standard InChI is InChI=1S/C16H20ClN3O/c1-11-12(2)21-16(19-11)10-20-8-7-18-9-15(20)13-5-3-4-6-14(13)17/h3-6,15,18H,7-10H2,1-2H3. The van der Waals surface area contributed by atoms with E-state index in [0.29, 0.717) is 6.54 Å². The lowest BCUT2D eigenvalue weighted by atomic mass is 10.0. The molecule has 1 N–H and O–H groups in total. The zero-order valence-electron chi connectivity index (χ0n) is 12.4. The van der Waals surface area contributed by atoms with E-state index >= 15 is 0 Å². The van der Waals surface area contributed by atoms with Crippen LogP contribution >= 0.6 is 11.6 Å². The van der Waals surface area contributed by atoms with Gasteiger partial charge in [-0.3, -0.25) is 4.90 Å². The molecule has 2 heterocycles. The van der Waals surface area contributed by atoms with Crippen molar-refractivity contribution in [3.63, 3.8) is 0 Å². The number of aromatic nitrogens is 1. The summed E-state index contributed by atoms with van der Waals surface area (Å²) < 4.78 is 5.73. The van der Waals surface area contributed by atoms with Crippen LogP contribution in [0.4, 0.5) is 0 Å². The fraction of sp³-hybridized carbons (Fsp3) is 0.438. The van der Waals surface area contributed by atoms with Crippen LogP contribution < -0.4 is 5.32 Å². The number of halogens is 1. The van der Waals surface area contributed by atoms with E-state index in [0.717, 1.165) is 47.6 Å². The molecule has 2 aromatic rings. The molecular weight excluding hydrogens is 286 g/mol. The van der Waals surface area contributed by atoms with Crippen LogP contribution in [0, 0.1) is 13.8 Å². The number of piperazine rings is 1. The van der Waals surface area contributed by atoms with Crippen molar-refractivity contribution in [1.29, 1.82) is 0 Å². The summed E-state index contributed by atoms with van der Waals surface area (Å²) in [4.78, 5) is 6.87. The molecule has 1 unspecified atom stereocenters. The van der Waals surface area contributed by atoms with E-state index in [-0.39, 0.29) is 6.04 Å². The summed E-state index contributed by atoms with van der Waals surface area (Å²) in [6.45, 7) is 7.46. The third-order valence-electron chi connectivity index (χ3n) is 4.03. The van der Waals surface area contributed by atoms with Crippen LogP contribution in [-0.4, -0.2) is 29.5 Å². The van der Waals surface area contributed by atoms with Gasteiger partial charge in [0.2, 0.25) is 5.89 Å². The van der Waals surface area contributed by atoms with Crippen LogP contribution in [0.3, 0.4) is 0 Å². The molecule has 1 aromatic carbocycles. The van der Waals surface area contributed by atoms with Gasteiger partial charge in [-0.25, -0.2) is 4.98 Å². The summed E-state index contributed by atoms with van der Waals surface area (Å²) >= 11 is 6.36. The van der Waals surface area contributed by atoms with Crippen LogP contribution in [0.25, 0.3) is 0 Å². The minimum absolute atomic E-state index is 0.250. The van der Waals surface area contributed by atoms with Gasteiger partial charge in [0.05, 0.1) is 12.2 Å². The summed E-state index contributed by atoms with van der Waals surface area (Å²) in [7, 11) is 0. The van der Waals surface area contributed by atoms with Gasteiger partial charge in [0.25, 0.3) is 0 Å². The number of oxazole rings is 1. The Morgan fingerprint density at radius 3 is 2.90 bits per heavy atom. The molecular formula is C16H20ClN3O. The lowest BCUT2D eigenvalue weighted by Gasteiger charge is -2.36. The monoisotopic (exact) mass is 305 g/mol. The van der Waals surface area contributed by atoms with Crippen molar-refractivity contribution in [3.8, 4) is 0 Å². The highest BCUT2D eigenvalue weighted by molar-refractivity contribution is 6.31. The van der Waals surface area contributed by atoms with Gasteiger partial charge in [-0.15, -0.1) is 0 Å². The molecule has 1 aromatic heterocycles. The zero-order chi connectivity index (χ0) is 14.8. The maximum absolute atomic E-state index is 6.36. The van der Waals surface area contributed by atoms with Crippen LogP contribution in [0.2, 0.25) is 5.02 Å². The van der Waals surface area contributed by atoms with Gasteiger partial charge < -0.3 is 9.73 Å². The van der Waals surface area contributed by atoms with Crippen LogP contribution in [0.5, 0.6) is 0 Å². The highest BCUT2D eigenvalue weighted by Gasteiger charge is 2.26. The molecule has 0 aliphatic carbocycles. The summed E-state index contributed by atoms with van der Waals surface area (Å²) in [5.74, 6) is 1.68. The Morgan fingerprint density at radius 1 is 1.38 bits per heavy atom. The van der Waals surface area contributed by atoms with Gasteiger partial charge in [-0.2, -0.15) is 0 Å². The third-order valence-corrected chi connectivity index (χ3v) is 4.37. The molecule has 1 atom stereocenters. The SMILES string of the molecule is Cc1nc(CN2CCNCC2c2ccccc2Cl)oc1C. The van der Waals surface area contributed by atoms with Gasteiger partial charge in [-0.1, -0.05) is 29.8 Å². The molecule has 4 nitrogen and oxygen atoms in total. The topological polar surface area (TPSA) is 41.3 Å². The number of nitrogens with zero attached hydrogens (tertiary/aromatic N) is 2. The first-order valence-electron chi connectivity index (χ1n) is 7.27. The number of rotatable bonds is 3. The minimum atomic E-state index is 0.250. The van der Waals surface area contributed by atoms with Crippen molar-refractivity contribution >= 4 is 11.6 Å². The van der Waals surface area contributed by atoms with Crippen LogP contribution in [-0.2, 0) is 6.54 Å². The van der Waals surface area contributed by atoms with E-state index in [9.17, 15) is 0 Å². The zero-order valence-corrected chi connectivity index (χ0v) is 13.2. The quantitative estimate of drug-likeness (QED) is 0.946. The van der Waals surface area contributed by atoms with Gasteiger partial charge in [-0.05, 0) is 25.5 Å². The molecule has 0 amide bonds. The van der Waals surface area contributed by atoms with Crippen molar-refractivity contribution in [2.45, 2.75) is 26.4 Å². The molecule has 1 aliphatic heterocycles. The van der Waals surface area contributed by atoms with Crippen molar-refractivity contribution in [1.82, 2.24) is 15.2 Å². The predicted octanol–water partition coefficient (Wildman–Crippen LogP) is 3.09. The Kier molecular flexibility index (Phi) is 4.29. The normalized spacial score (nSPS) is 19.9. The van der Waals surface area contributed by atoms with E-state index in [1.807, 2.05) is 32.0 Å². The molecule has 5 heteroatoms. The lowest BCUT2D eigenvalue weighted by Crippen LogP contribution is -2.45. The number of benzene rings is 1. The Labute approximate surface area is 130 Å². The molecule has 0 bridgehead atoms. The first-order chi connectivity index (χ1) is 10.1. The van der Waals surface area contributed by atoms with Crippen molar-refractivity contribution < 1.29 is 4.42 Å². The molecule has 1 saturated heterocycles. The fourth-order valence-electron chi connectivity index (χ4n) is 2.77. The van der Waals surface area contributed by atoms with Crippen molar-refractivity contribution in [3.05, 3.63) is 52.2 Å². The molecule has 1 aliphatic rings. The van der Waals surface area contributed by atoms with Crippen LogP contribution in [0.15, 0.2) is 28.7 Å². The predicted molar refractivity (Wildman–Crippen MR) is 83.4 cm³/mol. The Hall–Kier alpha value is -1.36. The van der Waals surface area contributed by atoms with E-state index in [1.165, 1.54) is 0 Å². The fourth-order valence-corrected chi connectivity index (χ4v) is 3.03. The average Bonchev–Trinajstić information content (AvgIpc) is 2.79. The second-order valence-corrected chi connectivity index (χ2v) is 5.87. The number of hydrogen-bond acceptors (Lipinski definition) is 4. The number of nitrogens with one attached hydrogen (secondary N) is 1. The van der Waals surface area contributed by atoms with Crippen molar-refractivity contribution in [2.75, 3.05) is 19.6 Å². The maximum Gasteiger partial charge on any atom is 0.208 e. The average molecular weight is 306 g/mol. The molecule has 21 heavy (non-hydrogen) atoms. The van der Waals surface area contributed by atoms with Gasteiger partial charge in [0.15, 0.2) is 0 Å². The summed E-state index contributed by atoms with van der Waals surface area (Å²) in [5, 5.41) is 4.26. The van der Waals surface area contributed by atoms with Gasteiger partial charge in [0, 0.05) is 30.7 Å². The molecule has 3 rings (SSSR count). The summed E-state index contributed by atoms with van der Waals surface area (Å²) in [6, 6.07) is 8.29. The highest BCUT2D eigenvalue weighted by atomic mass is 35.5. The first-order valence-corrected chi connectivity index (χ1v) is 7.65. The number of aryl methyl sites for hydroxylation is 2. The second kappa shape index (κ2) is 6.18. The Balaban J connectivity index is 1.83. The second-order valence-electron chi connectivity index (χ2n) is 5.46. The van der Waals surface area contributed by atoms with Gasteiger partial charge >= 0.3 is 0 Å². The Bertz CT molecular complexity index is 606. The number of hydrogen-bond donors (Lipinski definition) is 1. The van der Waals surface area contributed by atoms with E-state index in [1.54, 1.807) is 0 Å². The molecule has 0 spiro atoms. The Morgan fingerprint density at radius 2 is 2.19 bits per heavy atom. The minimum Gasteiger partial charge on any atom is -0.444 e. The smallest absolute Gasteiger partial charge is 0.208 e. The highest BCUT2D eigenvalue weighted by Crippen LogP contribution is 2.29. The van der Waals surface area contributed by atoms with Crippen LogP contribution in [0.1, 0.15) is 29.0 Å². The third kappa shape index (κ3) is 3.12. The van der Waals surface area contributed by atoms with Gasteiger partial charge in [0.1, 0.15) is 5.76 Å². The largest absolute Gasteiger partial charge is 0.444 e. The first kappa shape index (κ1) is 14.6. The lowest BCUT2D eigenvalue weighted by molar-refractivity contribution is 0.139. The van der Waals surface area contributed by atoms with E-state index in [2.05, 4.69) is 21.3 Å². The van der Waals surface area contributed by atoms with E-state index < -0.39 is 0 Å².